The Labute approximate surface area is 225 Å². The molecule has 0 saturated carbocycles. The van der Waals surface area contributed by atoms with E-state index < -0.39 is 10.0 Å². The number of para-hydroxylation sites is 1. The largest absolute Gasteiger partial charge is 0.490 e. The molecule has 11 nitrogen and oxygen atoms in total. The maximum absolute atomic E-state index is 12.8. The summed E-state index contributed by atoms with van der Waals surface area (Å²) in [6.45, 7) is 0.654. The van der Waals surface area contributed by atoms with Crippen molar-refractivity contribution >= 4 is 27.4 Å². The molecule has 202 valence electrons. The van der Waals surface area contributed by atoms with Crippen molar-refractivity contribution in [3.05, 3.63) is 90.5 Å². The molecule has 0 spiro atoms. The van der Waals surface area contributed by atoms with Gasteiger partial charge in [-0.05, 0) is 54.6 Å². The van der Waals surface area contributed by atoms with Gasteiger partial charge in [0.1, 0.15) is 24.7 Å². The van der Waals surface area contributed by atoms with Crippen LogP contribution in [0.5, 0.6) is 23.4 Å². The smallest absolute Gasteiger partial charge is 0.321 e. The molecule has 3 aromatic carbocycles. The van der Waals surface area contributed by atoms with E-state index in [-0.39, 0.29) is 28.5 Å². The summed E-state index contributed by atoms with van der Waals surface area (Å²) >= 11 is 0. The van der Waals surface area contributed by atoms with Crippen LogP contribution in [0.4, 0.5) is 11.5 Å². The van der Waals surface area contributed by atoms with Crippen LogP contribution in [0, 0.1) is 0 Å². The second-order valence-corrected chi connectivity index (χ2v) is 9.59. The highest BCUT2D eigenvalue weighted by Gasteiger charge is 2.17. The third-order valence-electron chi connectivity index (χ3n) is 5.20. The van der Waals surface area contributed by atoms with Crippen LogP contribution < -0.4 is 29.0 Å². The lowest BCUT2D eigenvalue weighted by atomic mass is 10.2. The molecule has 0 atom stereocenters. The van der Waals surface area contributed by atoms with Gasteiger partial charge in [0.05, 0.1) is 19.1 Å². The van der Waals surface area contributed by atoms with E-state index in [1.165, 1.54) is 44.6 Å². The van der Waals surface area contributed by atoms with Gasteiger partial charge in [-0.1, -0.05) is 24.3 Å². The van der Waals surface area contributed by atoms with Crippen LogP contribution in [0.2, 0.25) is 0 Å². The summed E-state index contributed by atoms with van der Waals surface area (Å²) in [7, 11) is -1.25. The number of hydrogen-bond donors (Lipinski definition) is 2. The SMILES string of the molecule is COc1cc(NS(=O)(=O)c2ccc(NC(=O)c3cccc(OCCOc4ccccc4)c3)cc2)nc(OC)n1. The Kier molecular flexibility index (Phi) is 8.79. The molecule has 0 aliphatic heterocycles. The predicted octanol–water partition coefficient (Wildman–Crippen LogP) is 4.00. The number of nitrogens with zero attached hydrogens (tertiary/aromatic N) is 2. The van der Waals surface area contributed by atoms with Gasteiger partial charge in [0, 0.05) is 17.3 Å². The van der Waals surface area contributed by atoms with Crippen LogP contribution in [0.25, 0.3) is 0 Å². The summed E-state index contributed by atoms with van der Waals surface area (Å²) in [5.74, 6) is 0.996. The van der Waals surface area contributed by atoms with E-state index >= 15 is 0 Å². The van der Waals surface area contributed by atoms with Crippen molar-refractivity contribution in [3.63, 3.8) is 0 Å². The predicted molar refractivity (Wildman–Crippen MR) is 144 cm³/mol. The number of hydrogen-bond acceptors (Lipinski definition) is 9. The van der Waals surface area contributed by atoms with Gasteiger partial charge < -0.3 is 24.3 Å². The van der Waals surface area contributed by atoms with Crippen LogP contribution in [0.3, 0.4) is 0 Å². The van der Waals surface area contributed by atoms with Crippen LogP contribution in [-0.4, -0.2) is 51.7 Å². The molecule has 1 aromatic heterocycles. The molecule has 0 saturated heterocycles. The number of ether oxygens (including phenoxy) is 4. The molecule has 39 heavy (non-hydrogen) atoms. The van der Waals surface area contributed by atoms with Gasteiger partial charge in [0.25, 0.3) is 15.9 Å². The molecule has 0 bridgehead atoms. The van der Waals surface area contributed by atoms with Gasteiger partial charge in [-0.2, -0.15) is 9.97 Å². The quantitative estimate of drug-likeness (QED) is 0.251. The fourth-order valence-electron chi connectivity index (χ4n) is 3.33. The average Bonchev–Trinajstić information content (AvgIpc) is 2.96. The minimum Gasteiger partial charge on any atom is -0.490 e. The summed E-state index contributed by atoms with van der Waals surface area (Å²) in [6, 6.07) is 23.1. The number of rotatable bonds is 12. The monoisotopic (exact) mass is 550 g/mol. The number of aromatic nitrogens is 2. The van der Waals surface area contributed by atoms with Crippen molar-refractivity contribution in [2.24, 2.45) is 0 Å². The molecule has 0 aliphatic rings. The van der Waals surface area contributed by atoms with Gasteiger partial charge >= 0.3 is 6.01 Å². The summed E-state index contributed by atoms with van der Waals surface area (Å²) in [5.41, 5.74) is 0.786. The van der Waals surface area contributed by atoms with Gasteiger partial charge in [-0.3, -0.25) is 9.52 Å². The molecule has 1 amide bonds. The molecule has 0 fully saturated rings. The van der Waals surface area contributed by atoms with E-state index in [0.29, 0.717) is 30.2 Å². The Balaban J connectivity index is 1.34. The zero-order chi connectivity index (χ0) is 27.7. The molecular weight excluding hydrogens is 524 g/mol. The fourth-order valence-corrected chi connectivity index (χ4v) is 4.32. The number of nitrogens with one attached hydrogen (secondary N) is 2. The van der Waals surface area contributed by atoms with Crippen molar-refractivity contribution in [2.75, 3.05) is 37.5 Å². The summed E-state index contributed by atoms with van der Waals surface area (Å²) < 4.78 is 49.3. The number of carbonyl (C=O) groups excluding carboxylic acids is 1. The molecule has 12 heteroatoms. The Morgan fingerprint density at radius 1 is 0.795 bits per heavy atom. The molecular formula is C27H26N4O7S. The van der Waals surface area contributed by atoms with E-state index in [9.17, 15) is 13.2 Å². The third kappa shape index (κ3) is 7.58. The number of amides is 1. The number of carbonyl (C=O) groups is 1. The minimum absolute atomic E-state index is 0.0233. The first-order valence-corrected chi connectivity index (χ1v) is 13.2. The van der Waals surface area contributed by atoms with E-state index in [1.807, 2.05) is 30.3 Å². The van der Waals surface area contributed by atoms with Crippen molar-refractivity contribution < 1.29 is 32.2 Å². The highest BCUT2D eigenvalue weighted by atomic mass is 32.2. The van der Waals surface area contributed by atoms with Crippen molar-refractivity contribution in [2.45, 2.75) is 4.90 Å². The van der Waals surface area contributed by atoms with Crippen molar-refractivity contribution in [1.82, 2.24) is 9.97 Å². The standard InChI is InChI=1S/C27H26N4O7S/c1-35-25-18-24(29-27(30-25)36-2)31-39(33,34)23-13-11-20(12-14-23)28-26(32)19-7-6-10-22(17-19)38-16-15-37-21-8-4-3-5-9-21/h3-14,17-18H,15-16H2,1-2H3,(H,28,32)(H,29,30,31). The van der Waals surface area contributed by atoms with E-state index in [4.69, 9.17) is 18.9 Å². The maximum atomic E-state index is 12.8. The molecule has 2 N–H and O–H groups in total. The Bertz CT molecular complexity index is 1490. The average molecular weight is 551 g/mol. The first-order chi connectivity index (χ1) is 18.9. The van der Waals surface area contributed by atoms with E-state index in [0.717, 1.165) is 5.75 Å². The fraction of sp³-hybridized carbons (Fsp3) is 0.148. The number of methoxy groups -OCH3 is 2. The first kappa shape index (κ1) is 27.2. The minimum atomic E-state index is -3.99. The van der Waals surface area contributed by atoms with Crippen LogP contribution >= 0.6 is 0 Å². The Morgan fingerprint density at radius 3 is 2.18 bits per heavy atom. The summed E-state index contributed by atoms with van der Waals surface area (Å²) in [6.07, 6.45) is 0. The maximum Gasteiger partial charge on any atom is 0.321 e. The second kappa shape index (κ2) is 12.6. The highest BCUT2D eigenvalue weighted by molar-refractivity contribution is 7.92. The topological polar surface area (TPSA) is 138 Å². The van der Waals surface area contributed by atoms with E-state index in [1.54, 1.807) is 24.3 Å². The zero-order valence-electron chi connectivity index (χ0n) is 21.2. The molecule has 0 radical (unpaired) electrons. The van der Waals surface area contributed by atoms with Gasteiger partial charge in [-0.15, -0.1) is 0 Å². The van der Waals surface area contributed by atoms with E-state index in [2.05, 4.69) is 20.0 Å². The molecule has 0 aliphatic carbocycles. The molecule has 0 unspecified atom stereocenters. The zero-order valence-corrected chi connectivity index (χ0v) is 22.0. The van der Waals surface area contributed by atoms with Crippen LogP contribution in [0.1, 0.15) is 10.4 Å². The summed E-state index contributed by atoms with van der Waals surface area (Å²) in [4.78, 5) is 20.6. The Hall–Kier alpha value is -4.84. The van der Waals surface area contributed by atoms with Crippen molar-refractivity contribution in [3.8, 4) is 23.4 Å². The van der Waals surface area contributed by atoms with Crippen LogP contribution in [-0.2, 0) is 10.0 Å². The van der Waals surface area contributed by atoms with Crippen molar-refractivity contribution in [1.29, 1.82) is 0 Å². The highest BCUT2D eigenvalue weighted by Crippen LogP contribution is 2.22. The lowest BCUT2D eigenvalue weighted by Gasteiger charge is -2.11. The first-order valence-electron chi connectivity index (χ1n) is 11.7. The van der Waals surface area contributed by atoms with Gasteiger partial charge in [-0.25, -0.2) is 8.42 Å². The normalized spacial score (nSPS) is 10.8. The second-order valence-electron chi connectivity index (χ2n) is 7.90. The van der Waals surface area contributed by atoms with Crippen LogP contribution in [0.15, 0.2) is 89.8 Å². The summed E-state index contributed by atoms with van der Waals surface area (Å²) in [5, 5.41) is 2.74. The molecule has 1 heterocycles. The number of anilines is 2. The lowest BCUT2D eigenvalue weighted by Crippen LogP contribution is -2.15. The number of sulfonamides is 1. The van der Waals surface area contributed by atoms with Gasteiger partial charge in [0.15, 0.2) is 5.82 Å². The lowest BCUT2D eigenvalue weighted by molar-refractivity contribution is 0.102. The number of benzene rings is 3. The molecule has 4 rings (SSSR count). The van der Waals surface area contributed by atoms with Gasteiger partial charge in [0.2, 0.25) is 5.88 Å². The molecule has 4 aromatic rings. The Morgan fingerprint density at radius 2 is 1.49 bits per heavy atom. The third-order valence-corrected chi connectivity index (χ3v) is 6.57.